The molecule has 1 aromatic carbocycles. The number of nitrogens with one attached hydrogen (secondary N) is 2. The quantitative estimate of drug-likeness (QED) is 0.717. The number of amides is 1. The van der Waals surface area contributed by atoms with Crippen LogP contribution in [0.3, 0.4) is 0 Å². The summed E-state index contributed by atoms with van der Waals surface area (Å²) in [6, 6.07) is 10.3. The van der Waals surface area contributed by atoms with Gasteiger partial charge in [-0.15, -0.1) is 12.4 Å². The molecule has 0 radical (unpaired) electrons. The molecule has 0 saturated carbocycles. The molecule has 2 N–H and O–H groups in total. The van der Waals surface area contributed by atoms with Crippen LogP contribution in [0, 0.1) is 0 Å². The normalized spacial score (nSPS) is 15.1. The number of nitrogens with zero attached hydrogens (tertiary/aromatic N) is 1. The third kappa shape index (κ3) is 7.78. The minimum absolute atomic E-state index is 0. The van der Waals surface area contributed by atoms with Crippen LogP contribution in [0.2, 0.25) is 0 Å². The minimum atomic E-state index is 0. The third-order valence-electron chi connectivity index (χ3n) is 3.90. The summed E-state index contributed by atoms with van der Waals surface area (Å²) in [5.74, 6) is 0.186. The van der Waals surface area contributed by atoms with Crippen molar-refractivity contribution in [3.8, 4) is 0 Å². The van der Waals surface area contributed by atoms with E-state index in [1.807, 2.05) is 18.2 Å². The first kappa shape index (κ1) is 18.9. The van der Waals surface area contributed by atoms with Gasteiger partial charge in [-0.1, -0.05) is 30.3 Å². The van der Waals surface area contributed by atoms with Gasteiger partial charge in [0.25, 0.3) is 0 Å². The molecule has 0 unspecified atom stereocenters. The Morgan fingerprint density at radius 2 is 1.86 bits per heavy atom. The van der Waals surface area contributed by atoms with Crippen molar-refractivity contribution in [2.24, 2.45) is 0 Å². The SMILES string of the molecule is Cl.O=C(CCCc1ccccc1)NCCCN1CCNCC1. The van der Waals surface area contributed by atoms with Crippen LogP contribution >= 0.6 is 12.4 Å². The summed E-state index contributed by atoms with van der Waals surface area (Å²) in [5.41, 5.74) is 1.31. The second-order valence-electron chi connectivity index (χ2n) is 5.63. The first-order valence-electron chi connectivity index (χ1n) is 8.08. The predicted octanol–water partition coefficient (Wildman–Crippen LogP) is 1.84. The van der Waals surface area contributed by atoms with E-state index in [1.165, 1.54) is 5.56 Å². The molecule has 1 aliphatic rings. The molecule has 1 heterocycles. The topological polar surface area (TPSA) is 44.4 Å². The van der Waals surface area contributed by atoms with E-state index >= 15 is 0 Å². The van der Waals surface area contributed by atoms with Crippen molar-refractivity contribution in [3.63, 3.8) is 0 Å². The van der Waals surface area contributed by atoms with Crippen molar-refractivity contribution >= 4 is 18.3 Å². The highest BCUT2D eigenvalue weighted by Gasteiger charge is 2.08. The zero-order valence-electron chi connectivity index (χ0n) is 13.2. The van der Waals surface area contributed by atoms with Crippen LogP contribution in [-0.4, -0.2) is 50.1 Å². The third-order valence-corrected chi connectivity index (χ3v) is 3.90. The Bertz CT molecular complexity index is 408. The molecule has 0 atom stereocenters. The number of hydrogen-bond donors (Lipinski definition) is 2. The van der Waals surface area contributed by atoms with Crippen LogP contribution in [-0.2, 0) is 11.2 Å². The number of aryl methyl sites for hydroxylation is 1. The lowest BCUT2D eigenvalue weighted by atomic mass is 10.1. The number of benzene rings is 1. The molecular weight excluding hydrogens is 298 g/mol. The van der Waals surface area contributed by atoms with Crippen molar-refractivity contribution in [2.45, 2.75) is 25.7 Å². The van der Waals surface area contributed by atoms with Crippen molar-refractivity contribution in [2.75, 3.05) is 39.3 Å². The standard InChI is InChI=1S/C17H27N3O.ClH/c21-17(9-4-8-16-6-2-1-3-7-16)19-10-5-13-20-14-11-18-12-15-20;/h1-3,6-7,18H,4-5,8-15H2,(H,19,21);1H. The lowest BCUT2D eigenvalue weighted by molar-refractivity contribution is -0.121. The van der Waals surface area contributed by atoms with Crippen LogP contribution in [0.1, 0.15) is 24.8 Å². The molecule has 5 heteroatoms. The van der Waals surface area contributed by atoms with E-state index in [0.717, 1.165) is 58.5 Å². The molecule has 0 spiro atoms. The molecule has 0 bridgehead atoms. The van der Waals surface area contributed by atoms with E-state index in [-0.39, 0.29) is 18.3 Å². The van der Waals surface area contributed by atoms with Crippen molar-refractivity contribution < 1.29 is 4.79 Å². The van der Waals surface area contributed by atoms with E-state index in [1.54, 1.807) is 0 Å². The summed E-state index contributed by atoms with van der Waals surface area (Å²) in [5, 5.41) is 6.38. The summed E-state index contributed by atoms with van der Waals surface area (Å²) in [6.45, 7) is 6.33. The Kier molecular flexibility index (Phi) is 9.87. The summed E-state index contributed by atoms with van der Waals surface area (Å²) in [7, 11) is 0. The van der Waals surface area contributed by atoms with Gasteiger partial charge in [-0.2, -0.15) is 0 Å². The maximum atomic E-state index is 11.7. The fourth-order valence-electron chi connectivity index (χ4n) is 2.65. The van der Waals surface area contributed by atoms with Gasteiger partial charge in [0.05, 0.1) is 0 Å². The van der Waals surface area contributed by atoms with E-state index in [9.17, 15) is 4.79 Å². The summed E-state index contributed by atoms with van der Waals surface area (Å²) >= 11 is 0. The van der Waals surface area contributed by atoms with Gasteiger partial charge in [-0.05, 0) is 31.4 Å². The smallest absolute Gasteiger partial charge is 0.220 e. The first-order chi connectivity index (χ1) is 10.3. The molecule has 0 aliphatic carbocycles. The summed E-state index contributed by atoms with van der Waals surface area (Å²) < 4.78 is 0. The Morgan fingerprint density at radius 1 is 1.14 bits per heavy atom. The number of halogens is 1. The fourth-order valence-corrected chi connectivity index (χ4v) is 2.65. The van der Waals surface area contributed by atoms with Crippen molar-refractivity contribution in [1.82, 2.24) is 15.5 Å². The second-order valence-corrected chi connectivity index (χ2v) is 5.63. The van der Waals surface area contributed by atoms with E-state index in [4.69, 9.17) is 0 Å². The molecule has 0 aromatic heterocycles. The highest BCUT2D eigenvalue weighted by Crippen LogP contribution is 2.04. The molecule has 1 amide bonds. The van der Waals surface area contributed by atoms with Crippen LogP contribution in [0.15, 0.2) is 30.3 Å². The Morgan fingerprint density at radius 3 is 2.59 bits per heavy atom. The molecule has 22 heavy (non-hydrogen) atoms. The number of piperazine rings is 1. The van der Waals surface area contributed by atoms with Gasteiger partial charge in [-0.25, -0.2) is 0 Å². The maximum Gasteiger partial charge on any atom is 0.220 e. The number of carbonyl (C=O) groups is 1. The molecule has 1 aliphatic heterocycles. The second kappa shape index (κ2) is 11.5. The molecule has 2 rings (SSSR count). The van der Waals surface area contributed by atoms with Gasteiger partial charge < -0.3 is 15.5 Å². The lowest BCUT2D eigenvalue weighted by Gasteiger charge is -2.27. The summed E-state index contributed by atoms with van der Waals surface area (Å²) in [4.78, 5) is 14.2. The molecule has 4 nitrogen and oxygen atoms in total. The summed E-state index contributed by atoms with van der Waals surface area (Å²) in [6.07, 6.45) is 3.58. The average molecular weight is 326 g/mol. The number of carbonyl (C=O) groups excluding carboxylic acids is 1. The van der Waals surface area contributed by atoms with Crippen molar-refractivity contribution in [1.29, 1.82) is 0 Å². The van der Waals surface area contributed by atoms with Gasteiger partial charge in [0.15, 0.2) is 0 Å². The Balaban J connectivity index is 0.00000242. The van der Waals surface area contributed by atoms with Gasteiger partial charge in [0, 0.05) is 39.1 Å². The molecule has 1 fully saturated rings. The Labute approximate surface area is 140 Å². The van der Waals surface area contributed by atoms with Crippen molar-refractivity contribution in [3.05, 3.63) is 35.9 Å². The van der Waals surface area contributed by atoms with E-state index in [0.29, 0.717) is 6.42 Å². The molecule has 1 aromatic rings. The Hall–Kier alpha value is -1.10. The highest BCUT2D eigenvalue weighted by atomic mass is 35.5. The lowest BCUT2D eigenvalue weighted by Crippen LogP contribution is -2.44. The minimum Gasteiger partial charge on any atom is -0.356 e. The zero-order chi connectivity index (χ0) is 14.8. The van der Waals surface area contributed by atoms with Crippen LogP contribution in [0.5, 0.6) is 0 Å². The first-order valence-corrected chi connectivity index (χ1v) is 8.08. The van der Waals surface area contributed by atoms with Crippen LogP contribution < -0.4 is 10.6 Å². The fraction of sp³-hybridized carbons (Fsp3) is 0.588. The van der Waals surface area contributed by atoms with Crippen LogP contribution in [0.4, 0.5) is 0 Å². The molecule has 124 valence electrons. The zero-order valence-corrected chi connectivity index (χ0v) is 14.0. The highest BCUT2D eigenvalue weighted by molar-refractivity contribution is 5.85. The van der Waals surface area contributed by atoms with Gasteiger partial charge in [-0.3, -0.25) is 4.79 Å². The van der Waals surface area contributed by atoms with E-state index in [2.05, 4.69) is 27.7 Å². The number of hydrogen-bond acceptors (Lipinski definition) is 3. The van der Waals surface area contributed by atoms with E-state index < -0.39 is 0 Å². The van der Waals surface area contributed by atoms with Gasteiger partial charge in [0.2, 0.25) is 5.91 Å². The van der Waals surface area contributed by atoms with Gasteiger partial charge >= 0.3 is 0 Å². The molecule has 1 saturated heterocycles. The van der Waals surface area contributed by atoms with Crippen LogP contribution in [0.25, 0.3) is 0 Å². The monoisotopic (exact) mass is 325 g/mol. The van der Waals surface area contributed by atoms with Gasteiger partial charge in [0.1, 0.15) is 0 Å². The average Bonchev–Trinajstić information content (AvgIpc) is 2.54. The number of rotatable bonds is 8. The largest absolute Gasteiger partial charge is 0.356 e. The molecular formula is C17H28ClN3O. The maximum absolute atomic E-state index is 11.7. The predicted molar refractivity (Wildman–Crippen MR) is 93.6 cm³/mol.